The Kier molecular flexibility index (Phi) is 5.87. The average molecular weight is 260 g/mol. The molecule has 0 saturated heterocycles. The lowest BCUT2D eigenvalue weighted by atomic mass is 10.0. The van der Waals surface area contributed by atoms with Gasteiger partial charge in [0.1, 0.15) is 0 Å². The Morgan fingerprint density at radius 2 is 1.95 bits per heavy atom. The molecule has 1 aliphatic carbocycles. The molecule has 0 heterocycles. The fraction of sp³-hybridized carbons (Fsp3) is 0.647. The van der Waals surface area contributed by atoms with Crippen LogP contribution < -0.4 is 5.32 Å². The first kappa shape index (κ1) is 14.5. The number of rotatable bonds is 9. The first-order valence-corrected chi connectivity index (χ1v) is 7.88. The number of hydrogen-bond donors (Lipinski definition) is 1. The molecule has 0 spiro atoms. The highest BCUT2D eigenvalue weighted by Gasteiger charge is 2.33. The van der Waals surface area contributed by atoms with Gasteiger partial charge in [-0.2, -0.15) is 0 Å². The monoisotopic (exact) mass is 260 g/mol. The van der Waals surface area contributed by atoms with E-state index < -0.39 is 0 Å². The summed E-state index contributed by atoms with van der Waals surface area (Å²) in [6.07, 6.45) is 5.37. The molecule has 1 aromatic rings. The van der Waals surface area contributed by atoms with Crippen LogP contribution in [0.25, 0.3) is 0 Å². The molecule has 0 bridgehead atoms. The second-order valence-corrected chi connectivity index (χ2v) is 5.56. The van der Waals surface area contributed by atoms with Gasteiger partial charge in [-0.15, -0.1) is 0 Å². The Balaban J connectivity index is 2.09. The van der Waals surface area contributed by atoms with Gasteiger partial charge in [0.2, 0.25) is 0 Å². The van der Waals surface area contributed by atoms with Crippen molar-refractivity contribution in [2.45, 2.75) is 51.6 Å². The molecular weight excluding hydrogens is 232 g/mol. The van der Waals surface area contributed by atoms with Gasteiger partial charge >= 0.3 is 0 Å². The molecule has 2 rings (SSSR count). The third-order valence-corrected chi connectivity index (χ3v) is 3.96. The van der Waals surface area contributed by atoms with E-state index in [1.807, 2.05) is 0 Å². The van der Waals surface area contributed by atoms with Crippen LogP contribution in [0.5, 0.6) is 0 Å². The van der Waals surface area contributed by atoms with Gasteiger partial charge in [-0.1, -0.05) is 50.6 Å². The topological polar surface area (TPSA) is 15.3 Å². The van der Waals surface area contributed by atoms with Crippen molar-refractivity contribution in [2.24, 2.45) is 0 Å². The summed E-state index contributed by atoms with van der Waals surface area (Å²) in [5.74, 6) is 0. The predicted molar refractivity (Wildman–Crippen MR) is 82.4 cm³/mol. The van der Waals surface area contributed by atoms with Crippen LogP contribution in [0.2, 0.25) is 0 Å². The van der Waals surface area contributed by atoms with Gasteiger partial charge in [0.05, 0.1) is 0 Å². The smallest absolute Gasteiger partial charge is 0.0475 e. The Morgan fingerprint density at radius 1 is 1.21 bits per heavy atom. The van der Waals surface area contributed by atoms with Crippen LogP contribution in [0.3, 0.4) is 0 Å². The van der Waals surface area contributed by atoms with Crippen molar-refractivity contribution < 1.29 is 0 Å². The quantitative estimate of drug-likeness (QED) is 0.730. The van der Waals surface area contributed by atoms with Gasteiger partial charge in [0.25, 0.3) is 0 Å². The largest absolute Gasteiger partial charge is 0.315 e. The molecule has 1 saturated carbocycles. The Bertz CT molecular complexity index is 346. The molecule has 1 aliphatic rings. The number of unbranched alkanes of at least 4 members (excludes halogenated alkanes) is 1. The van der Waals surface area contributed by atoms with Crippen molar-refractivity contribution >= 4 is 0 Å². The predicted octanol–water partition coefficient (Wildman–Crippen LogP) is 3.60. The van der Waals surface area contributed by atoms with Gasteiger partial charge in [0.15, 0.2) is 0 Å². The van der Waals surface area contributed by atoms with Crippen molar-refractivity contribution in [3.63, 3.8) is 0 Å². The van der Waals surface area contributed by atoms with E-state index in [4.69, 9.17) is 0 Å². The summed E-state index contributed by atoms with van der Waals surface area (Å²) in [5, 5.41) is 3.54. The van der Waals surface area contributed by atoms with Crippen LogP contribution in [-0.4, -0.2) is 30.6 Å². The highest BCUT2D eigenvalue weighted by molar-refractivity contribution is 5.20. The van der Waals surface area contributed by atoms with Gasteiger partial charge in [0, 0.05) is 18.6 Å². The van der Waals surface area contributed by atoms with E-state index in [2.05, 4.69) is 54.4 Å². The zero-order valence-electron chi connectivity index (χ0n) is 12.4. The molecule has 1 atom stereocenters. The third kappa shape index (κ3) is 4.32. The molecule has 0 aliphatic heterocycles. The zero-order chi connectivity index (χ0) is 13.5. The minimum absolute atomic E-state index is 0.542. The minimum atomic E-state index is 0.542. The summed E-state index contributed by atoms with van der Waals surface area (Å²) in [6, 6.07) is 12.4. The summed E-state index contributed by atoms with van der Waals surface area (Å²) in [4.78, 5) is 2.74. The van der Waals surface area contributed by atoms with E-state index in [9.17, 15) is 0 Å². The van der Waals surface area contributed by atoms with E-state index >= 15 is 0 Å². The first-order valence-electron chi connectivity index (χ1n) is 7.88. The van der Waals surface area contributed by atoms with Crippen LogP contribution >= 0.6 is 0 Å². The summed E-state index contributed by atoms with van der Waals surface area (Å²) in [6.45, 7) is 7.84. The normalized spacial score (nSPS) is 16.8. The Labute approximate surface area is 118 Å². The molecule has 1 aromatic carbocycles. The molecule has 2 heteroatoms. The Morgan fingerprint density at radius 3 is 2.53 bits per heavy atom. The highest BCUT2D eigenvalue weighted by Crippen LogP contribution is 2.34. The first-order chi connectivity index (χ1) is 9.36. The molecule has 0 radical (unpaired) electrons. The molecular formula is C17H28N2. The minimum Gasteiger partial charge on any atom is -0.315 e. The molecule has 0 aromatic heterocycles. The number of nitrogens with one attached hydrogen (secondary N) is 1. The molecule has 2 nitrogen and oxygen atoms in total. The van der Waals surface area contributed by atoms with E-state index in [0.29, 0.717) is 6.04 Å². The molecule has 1 N–H and O–H groups in total. The van der Waals surface area contributed by atoms with Crippen molar-refractivity contribution in [2.75, 3.05) is 19.6 Å². The molecule has 19 heavy (non-hydrogen) atoms. The van der Waals surface area contributed by atoms with Gasteiger partial charge in [-0.3, -0.25) is 4.90 Å². The number of hydrogen-bond acceptors (Lipinski definition) is 2. The fourth-order valence-corrected chi connectivity index (χ4v) is 2.72. The molecule has 1 unspecified atom stereocenters. The fourth-order valence-electron chi connectivity index (χ4n) is 2.72. The lowest BCUT2D eigenvalue weighted by molar-refractivity contribution is 0.180. The van der Waals surface area contributed by atoms with Gasteiger partial charge in [-0.25, -0.2) is 0 Å². The van der Waals surface area contributed by atoms with Crippen LogP contribution in [0.4, 0.5) is 0 Å². The van der Waals surface area contributed by atoms with Crippen molar-refractivity contribution in [1.29, 1.82) is 0 Å². The van der Waals surface area contributed by atoms with Crippen molar-refractivity contribution in [1.82, 2.24) is 10.2 Å². The summed E-state index contributed by atoms with van der Waals surface area (Å²) >= 11 is 0. The average Bonchev–Trinajstić information content (AvgIpc) is 3.28. The van der Waals surface area contributed by atoms with Crippen LogP contribution in [-0.2, 0) is 0 Å². The summed E-state index contributed by atoms with van der Waals surface area (Å²) < 4.78 is 0. The molecule has 106 valence electrons. The van der Waals surface area contributed by atoms with E-state index in [0.717, 1.165) is 19.1 Å². The van der Waals surface area contributed by atoms with Gasteiger partial charge in [-0.05, 0) is 37.9 Å². The maximum absolute atomic E-state index is 3.54. The standard InChI is InChI=1S/C17H28N2/c1-3-5-13-19(16-11-12-16)17(14-18-4-2)15-9-7-6-8-10-15/h6-10,16-18H,3-5,11-14H2,1-2H3. The summed E-state index contributed by atoms with van der Waals surface area (Å²) in [7, 11) is 0. The SMILES string of the molecule is CCCCN(C1CC1)C(CNCC)c1ccccc1. The molecule has 1 fully saturated rings. The lowest BCUT2D eigenvalue weighted by Crippen LogP contribution is -2.38. The van der Waals surface area contributed by atoms with E-state index in [1.165, 1.54) is 37.8 Å². The number of likely N-dealkylation sites (N-methyl/N-ethyl adjacent to an activating group) is 1. The number of nitrogens with zero attached hydrogens (tertiary/aromatic N) is 1. The van der Waals surface area contributed by atoms with Crippen LogP contribution in [0.15, 0.2) is 30.3 Å². The van der Waals surface area contributed by atoms with Gasteiger partial charge < -0.3 is 5.32 Å². The van der Waals surface area contributed by atoms with E-state index in [-0.39, 0.29) is 0 Å². The van der Waals surface area contributed by atoms with Crippen LogP contribution in [0.1, 0.15) is 51.1 Å². The van der Waals surface area contributed by atoms with E-state index in [1.54, 1.807) is 0 Å². The second kappa shape index (κ2) is 7.66. The lowest BCUT2D eigenvalue weighted by Gasteiger charge is -2.32. The number of benzene rings is 1. The second-order valence-electron chi connectivity index (χ2n) is 5.56. The van der Waals surface area contributed by atoms with Crippen molar-refractivity contribution in [3.05, 3.63) is 35.9 Å². The maximum atomic E-state index is 3.54. The zero-order valence-corrected chi connectivity index (χ0v) is 12.4. The maximum Gasteiger partial charge on any atom is 0.0475 e. The van der Waals surface area contributed by atoms with Crippen molar-refractivity contribution in [3.8, 4) is 0 Å². The molecule has 0 amide bonds. The van der Waals surface area contributed by atoms with Crippen LogP contribution in [0, 0.1) is 0 Å². The summed E-state index contributed by atoms with van der Waals surface area (Å²) in [5.41, 5.74) is 1.46. The Hall–Kier alpha value is -0.860. The highest BCUT2D eigenvalue weighted by atomic mass is 15.2. The third-order valence-electron chi connectivity index (χ3n) is 3.96.